The van der Waals surface area contributed by atoms with E-state index in [1.807, 2.05) is 45.9 Å². The number of carbonyl (C=O) groups excluding carboxylic acids is 1. The number of aryl methyl sites for hydroxylation is 2. The molecule has 7 nitrogen and oxygen atoms in total. The van der Waals surface area contributed by atoms with Crippen molar-refractivity contribution < 1.29 is 17.9 Å². The van der Waals surface area contributed by atoms with E-state index in [9.17, 15) is 13.2 Å². The summed E-state index contributed by atoms with van der Waals surface area (Å²) in [6.45, 7) is 7.83. The molecule has 1 N–H and O–H groups in total. The van der Waals surface area contributed by atoms with Gasteiger partial charge in [0.25, 0.3) is 5.91 Å². The number of hydrogen-bond acceptors (Lipinski definition) is 5. The molecule has 31 heavy (non-hydrogen) atoms. The Morgan fingerprint density at radius 3 is 2.45 bits per heavy atom. The van der Waals surface area contributed by atoms with Crippen LogP contribution >= 0.6 is 0 Å². The van der Waals surface area contributed by atoms with Crippen molar-refractivity contribution in [3.8, 4) is 11.4 Å². The summed E-state index contributed by atoms with van der Waals surface area (Å²) in [6, 6.07) is 12.8. The second-order valence-corrected chi connectivity index (χ2v) is 10.2. The number of anilines is 1. The molecule has 0 spiro atoms. The van der Waals surface area contributed by atoms with Gasteiger partial charge in [-0.25, -0.2) is 13.1 Å². The summed E-state index contributed by atoms with van der Waals surface area (Å²) in [4.78, 5) is 13.0. The van der Waals surface area contributed by atoms with Crippen molar-refractivity contribution >= 4 is 21.6 Å². The smallest absolute Gasteiger partial charge is 0.256 e. The number of benzene rings is 2. The van der Waals surface area contributed by atoms with E-state index >= 15 is 0 Å². The molecule has 0 aliphatic carbocycles. The van der Waals surface area contributed by atoms with Crippen LogP contribution in [0.5, 0.6) is 5.75 Å². The second-order valence-electron chi connectivity index (χ2n) is 8.15. The normalized spacial score (nSPS) is 14.5. The van der Waals surface area contributed by atoms with Gasteiger partial charge in [-0.2, -0.15) is 5.10 Å². The predicted octanol–water partition coefficient (Wildman–Crippen LogP) is 3.96. The van der Waals surface area contributed by atoms with Crippen molar-refractivity contribution in [1.29, 1.82) is 0 Å². The van der Waals surface area contributed by atoms with Crippen LogP contribution in [0.25, 0.3) is 5.69 Å². The van der Waals surface area contributed by atoms with Crippen molar-refractivity contribution in [1.82, 2.24) is 9.78 Å². The van der Waals surface area contributed by atoms with Gasteiger partial charge in [0.2, 0.25) is 0 Å². The van der Waals surface area contributed by atoms with Crippen LogP contribution in [-0.4, -0.2) is 30.2 Å². The SMILES string of the molecule is Cc1ccc(-n2nc3c(c2NC(=O)c2ccc(OC(C)C)cc2)CS(=O)(=O)C3)c(C)c1. The minimum absolute atomic E-state index is 0.0383. The molecule has 2 aromatic carbocycles. The molecule has 2 heterocycles. The van der Waals surface area contributed by atoms with Crippen molar-refractivity contribution in [2.75, 3.05) is 5.32 Å². The fraction of sp³-hybridized carbons (Fsp3) is 0.304. The van der Waals surface area contributed by atoms with Crippen molar-refractivity contribution in [3.05, 3.63) is 70.4 Å². The Hall–Kier alpha value is -3.13. The number of aromatic nitrogens is 2. The zero-order chi connectivity index (χ0) is 22.3. The number of amides is 1. The molecule has 0 unspecified atom stereocenters. The maximum absolute atomic E-state index is 13.0. The highest BCUT2D eigenvalue weighted by Gasteiger charge is 2.33. The fourth-order valence-corrected chi connectivity index (χ4v) is 5.22. The minimum atomic E-state index is -3.26. The van der Waals surface area contributed by atoms with E-state index < -0.39 is 9.84 Å². The van der Waals surface area contributed by atoms with Gasteiger partial charge in [-0.3, -0.25) is 4.79 Å². The van der Waals surface area contributed by atoms with Gasteiger partial charge >= 0.3 is 0 Å². The van der Waals surface area contributed by atoms with Crippen LogP contribution in [0.2, 0.25) is 0 Å². The maximum Gasteiger partial charge on any atom is 0.256 e. The largest absolute Gasteiger partial charge is 0.491 e. The van der Waals surface area contributed by atoms with Gasteiger partial charge < -0.3 is 10.1 Å². The molecule has 4 rings (SSSR count). The monoisotopic (exact) mass is 439 g/mol. The first kappa shape index (κ1) is 21.1. The summed E-state index contributed by atoms with van der Waals surface area (Å²) in [5, 5.41) is 7.45. The number of nitrogens with zero attached hydrogens (tertiary/aromatic N) is 2. The van der Waals surface area contributed by atoms with Gasteiger partial charge in [0.05, 0.1) is 29.0 Å². The molecule has 1 amide bonds. The lowest BCUT2D eigenvalue weighted by molar-refractivity contribution is 0.102. The molecular formula is C23H25N3O4S. The van der Waals surface area contributed by atoms with Crippen LogP contribution in [-0.2, 0) is 21.3 Å². The zero-order valence-corrected chi connectivity index (χ0v) is 18.8. The van der Waals surface area contributed by atoms with E-state index in [0.29, 0.717) is 28.4 Å². The topological polar surface area (TPSA) is 90.3 Å². The van der Waals surface area contributed by atoms with Crippen LogP contribution in [0.4, 0.5) is 5.82 Å². The highest BCUT2D eigenvalue weighted by Crippen LogP contribution is 2.34. The predicted molar refractivity (Wildman–Crippen MR) is 120 cm³/mol. The average Bonchev–Trinajstić information content (AvgIpc) is 3.14. The number of rotatable bonds is 5. The van der Waals surface area contributed by atoms with E-state index in [1.165, 1.54) is 0 Å². The Bertz CT molecular complexity index is 1260. The fourth-order valence-electron chi connectivity index (χ4n) is 3.72. The molecule has 0 atom stereocenters. The number of nitrogens with one attached hydrogen (secondary N) is 1. The number of ether oxygens (including phenoxy) is 1. The van der Waals surface area contributed by atoms with Crippen LogP contribution in [0.15, 0.2) is 42.5 Å². The first-order valence-corrected chi connectivity index (χ1v) is 11.9. The molecule has 0 bridgehead atoms. The zero-order valence-electron chi connectivity index (χ0n) is 18.0. The summed E-state index contributed by atoms with van der Waals surface area (Å²) >= 11 is 0. The third-order valence-corrected chi connectivity index (χ3v) is 6.53. The second kappa shape index (κ2) is 7.85. The van der Waals surface area contributed by atoms with E-state index in [2.05, 4.69) is 10.4 Å². The van der Waals surface area contributed by atoms with E-state index in [0.717, 1.165) is 16.8 Å². The molecule has 1 aliphatic rings. The van der Waals surface area contributed by atoms with Gasteiger partial charge in [0, 0.05) is 11.1 Å². The average molecular weight is 440 g/mol. The molecule has 8 heteroatoms. The van der Waals surface area contributed by atoms with Crippen LogP contribution in [0.3, 0.4) is 0 Å². The van der Waals surface area contributed by atoms with Gasteiger partial charge in [0.15, 0.2) is 9.84 Å². The first-order valence-electron chi connectivity index (χ1n) is 10.1. The molecular weight excluding hydrogens is 414 g/mol. The van der Waals surface area contributed by atoms with E-state index in [1.54, 1.807) is 28.9 Å². The van der Waals surface area contributed by atoms with Crippen molar-refractivity contribution in [2.45, 2.75) is 45.3 Å². The van der Waals surface area contributed by atoms with Gasteiger partial charge in [-0.15, -0.1) is 0 Å². The Morgan fingerprint density at radius 1 is 1.10 bits per heavy atom. The number of sulfone groups is 1. The molecule has 1 aromatic heterocycles. The molecule has 0 radical (unpaired) electrons. The van der Waals surface area contributed by atoms with E-state index in [4.69, 9.17) is 4.74 Å². The third kappa shape index (κ3) is 4.34. The summed E-state index contributed by atoms with van der Waals surface area (Å²) in [5.41, 5.74) is 4.36. The molecule has 1 aliphatic heterocycles. The summed E-state index contributed by atoms with van der Waals surface area (Å²) in [7, 11) is -3.26. The molecule has 3 aromatic rings. The quantitative estimate of drug-likeness (QED) is 0.650. The Labute approximate surface area is 182 Å². The first-order chi connectivity index (χ1) is 14.6. The Morgan fingerprint density at radius 2 is 1.81 bits per heavy atom. The standard InChI is InChI=1S/C23H25N3O4S/c1-14(2)30-18-8-6-17(7-9-18)23(27)24-22-19-12-31(28,29)13-20(19)25-26(22)21-10-5-15(3)11-16(21)4/h5-11,14H,12-13H2,1-4H3,(H,24,27). The lowest BCUT2D eigenvalue weighted by atomic mass is 10.1. The van der Waals surface area contributed by atoms with Crippen molar-refractivity contribution in [3.63, 3.8) is 0 Å². The van der Waals surface area contributed by atoms with E-state index in [-0.39, 0.29) is 23.5 Å². The number of carbonyl (C=O) groups is 1. The Kier molecular flexibility index (Phi) is 5.35. The lowest BCUT2D eigenvalue weighted by Gasteiger charge is -2.14. The summed E-state index contributed by atoms with van der Waals surface area (Å²) in [5.74, 6) is 0.484. The lowest BCUT2D eigenvalue weighted by Crippen LogP contribution is -2.17. The highest BCUT2D eigenvalue weighted by molar-refractivity contribution is 7.90. The molecule has 0 saturated heterocycles. The molecule has 0 saturated carbocycles. The maximum atomic E-state index is 13.0. The third-order valence-electron chi connectivity index (χ3n) is 5.09. The summed E-state index contributed by atoms with van der Waals surface area (Å²) < 4.78 is 31.6. The number of fused-ring (bicyclic) bond motifs is 1. The van der Waals surface area contributed by atoms with Crippen molar-refractivity contribution in [2.24, 2.45) is 0 Å². The van der Waals surface area contributed by atoms with Gasteiger partial charge in [-0.05, 0) is 63.6 Å². The number of hydrogen-bond donors (Lipinski definition) is 1. The van der Waals surface area contributed by atoms with Gasteiger partial charge in [0.1, 0.15) is 11.6 Å². The molecule has 0 fully saturated rings. The van der Waals surface area contributed by atoms with Gasteiger partial charge in [-0.1, -0.05) is 17.7 Å². The summed E-state index contributed by atoms with van der Waals surface area (Å²) in [6.07, 6.45) is 0.0383. The van der Waals surface area contributed by atoms with Crippen LogP contribution < -0.4 is 10.1 Å². The minimum Gasteiger partial charge on any atom is -0.491 e. The highest BCUT2D eigenvalue weighted by atomic mass is 32.2. The van der Waals surface area contributed by atoms with Crippen LogP contribution in [0.1, 0.15) is 46.6 Å². The van der Waals surface area contributed by atoms with Crippen LogP contribution in [0, 0.1) is 13.8 Å². The molecule has 162 valence electrons. The Balaban J connectivity index is 1.71.